The molecule has 0 fully saturated rings. The minimum absolute atomic E-state index is 0.199. The van der Waals surface area contributed by atoms with Crippen LogP contribution in [0.2, 0.25) is 6.04 Å². The molecule has 2 aliphatic heterocycles. The van der Waals surface area contributed by atoms with Gasteiger partial charge in [0.05, 0.1) is 11.1 Å². The van der Waals surface area contributed by atoms with E-state index in [2.05, 4.69) is 0 Å². The normalized spacial score (nSPS) is 15.3. The summed E-state index contributed by atoms with van der Waals surface area (Å²) >= 11 is 0. The Labute approximate surface area is 228 Å². The van der Waals surface area contributed by atoms with Gasteiger partial charge in [-0.05, 0) is 63.0 Å². The van der Waals surface area contributed by atoms with Gasteiger partial charge in [-0.3, -0.25) is 14.5 Å². The summed E-state index contributed by atoms with van der Waals surface area (Å²) < 4.78 is 21.4. The summed E-state index contributed by atoms with van der Waals surface area (Å²) in [5, 5.41) is 6.11. The highest BCUT2D eigenvalue weighted by Gasteiger charge is 2.39. The zero-order valence-electron chi connectivity index (χ0n) is 22.0. The fraction of sp³-hybridized carbons (Fsp3) is 0.200. The van der Waals surface area contributed by atoms with Crippen LogP contribution < -0.4 is 0 Å². The number of fused-ring (bicyclic) bond motifs is 2. The first-order chi connectivity index (χ1) is 19.3. The van der Waals surface area contributed by atoms with Crippen LogP contribution in [0, 0.1) is 0 Å². The molecule has 200 valence electrons. The number of ether oxygens (including phenoxy) is 1. The van der Waals surface area contributed by atoms with E-state index in [0.29, 0.717) is 45.5 Å². The number of cyclic esters (lactones) is 2. The summed E-state index contributed by atoms with van der Waals surface area (Å²) in [6, 6.07) is 14.7. The highest BCUT2D eigenvalue weighted by atomic mass is 28.4. The summed E-state index contributed by atoms with van der Waals surface area (Å²) in [6.45, 7) is 0.199. The molecule has 5 aromatic carbocycles. The number of nitrogens with zero attached hydrogens (tertiary/aromatic N) is 1. The number of esters is 2. The molecule has 0 saturated carbocycles. The zero-order chi connectivity index (χ0) is 27.9. The van der Waals surface area contributed by atoms with Gasteiger partial charge in [0.2, 0.25) is 0 Å². The van der Waals surface area contributed by atoms with Crippen molar-refractivity contribution in [3.8, 4) is 0 Å². The van der Waals surface area contributed by atoms with Crippen molar-refractivity contribution in [1.82, 2.24) is 4.90 Å². The maximum absolute atomic E-state index is 13.7. The number of hydrogen-bond donors (Lipinski definition) is 0. The van der Waals surface area contributed by atoms with Gasteiger partial charge in [-0.2, -0.15) is 0 Å². The van der Waals surface area contributed by atoms with Gasteiger partial charge >= 0.3 is 20.7 Å². The fourth-order valence-corrected chi connectivity index (χ4v) is 8.08. The van der Waals surface area contributed by atoms with Gasteiger partial charge in [-0.1, -0.05) is 24.3 Å². The van der Waals surface area contributed by atoms with Crippen LogP contribution >= 0.6 is 0 Å². The monoisotopic (exact) mass is 553 g/mol. The van der Waals surface area contributed by atoms with Crippen LogP contribution in [0.1, 0.15) is 47.9 Å². The molecule has 2 aliphatic rings. The Balaban J connectivity index is 1.41. The molecule has 7 rings (SSSR count). The van der Waals surface area contributed by atoms with E-state index < -0.39 is 20.7 Å². The van der Waals surface area contributed by atoms with Crippen LogP contribution in [0.3, 0.4) is 0 Å². The standard InChI is InChI=1S/C30H23NO8Si/c1-36-40(37-2,38-3)14-4-13-31-27(32)19-9-5-15-17-7-11-21-26-22(30(35)39-29(21)34)12-8-18(24(17)26)16-6-10-20(28(31)33)25(19)23(15)16/h5-12H,4,13-14H2,1-3H3. The molecule has 0 N–H and O–H groups in total. The van der Waals surface area contributed by atoms with Crippen LogP contribution in [0.5, 0.6) is 0 Å². The molecule has 0 aromatic heterocycles. The summed E-state index contributed by atoms with van der Waals surface area (Å²) in [4.78, 5) is 53.7. The fourth-order valence-electron chi connectivity index (χ4n) is 6.38. The number of hydrogen-bond acceptors (Lipinski definition) is 8. The Morgan fingerprint density at radius 3 is 1.43 bits per heavy atom. The lowest BCUT2D eigenvalue weighted by Gasteiger charge is -2.30. The van der Waals surface area contributed by atoms with E-state index in [0.717, 1.165) is 32.3 Å². The molecule has 2 amide bonds. The molecule has 0 bridgehead atoms. The highest BCUT2D eigenvalue weighted by Crippen LogP contribution is 2.46. The van der Waals surface area contributed by atoms with Crippen molar-refractivity contribution >= 4 is 75.6 Å². The van der Waals surface area contributed by atoms with Crippen molar-refractivity contribution in [3.63, 3.8) is 0 Å². The molecular formula is C30H23NO8Si. The van der Waals surface area contributed by atoms with Gasteiger partial charge < -0.3 is 18.0 Å². The van der Waals surface area contributed by atoms with Gasteiger partial charge in [-0.15, -0.1) is 0 Å². The van der Waals surface area contributed by atoms with Gasteiger partial charge in [0, 0.05) is 55.8 Å². The summed E-state index contributed by atoms with van der Waals surface area (Å²) in [6.07, 6.45) is 0.467. The quantitative estimate of drug-likeness (QED) is 0.0699. The Kier molecular flexibility index (Phi) is 5.35. The summed E-state index contributed by atoms with van der Waals surface area (Å²) in [7, 11) is 1.74. The zero-order valence-corrected chi connectivity index (χ0v) is 23.0. The molecule has 2 heterocycles. The van der Waals surface area contributed by atoms with Crippen LogP contribution in [-0.4, -0.2) is 65.3 Å². The highest BCUT2D eigenvalue weighted by molar-refractivity contribution is 6.60. The summed E-state index contributed by atoms with van der Waals surface area (Å²) in [5.41, 5.74) is 1.59. The molecule has 0 unspecified atom stereocenters. The molecule has 40 heavy (non-hydrogen) atoms. The van der Waals surface area contributed by atoms with E-state index in [4.69, 9.17) is 18.0 Å². The second-order valence-electron chi connectivity index (χ2n) is 9.98. The topological polar surface area (TPSA) is 108 Å². The lowest BCUT2D eigenvalue weighted by Crippen LogP contribution is -2.45. The van der Waals surface area contributed by atoms with Gasteiger partial charge in [0.25, 0.3) is 11.8 Å². The van der Waals surface area contributed by atoms with E-state index in [1.807, 2.05) is 24.3 Å². The van der Waals surface area contributed by atoms with Crippen molar-refractivity contribution < 1.29 is 37.2 Å². The van der Waals surface area contributed by atoms with Gasteiger partial charge in [-0.25, -0.2) is 9.59 Å². The lowest BCUT2D eigenvalue weighted by molar-refractivity contribution is 0.0390. The second kappa shape index (κ2) is 8.64. The first-order valence-corrected chi connectivity index (χ1v) is 14.8. The molecule has 0 aliphatic carbocycles. The Bertz CT molecular complexity index is 1830. The number of benzene rings is 5. The number of imide groups is 1. The Morgan fingerprint density at radius 2 is 1.00 bits per heavy atom. The molecule has 0 spiro atoms. The largest absolute Gasteiger partial charge is 0.500 e. The van der Waals surface area contributed by atoms with E-state index in [1.165, 1.54) is 26.2 Å². The molecule has 9 nitrogen and oxygen atoms in total. The lowest BCUT2D eigenvalue weighted by atomic mass is 9.83. The molecule has 0 atom stereocenters. The predicted molar refractivity (Wildman–Crippen MR) is 149 cm³/mol. The van der Waals surface area contributed by atoms with Crippen molar-refractivity contribution in [3.05, 3.63) is 70.8 Å². The van der Waals surface area contributed by atoms with Gasteiger partial charge in [0.1, 0.15) is 0 Å². The van der Waals surface area contributed by atoms with E-state index >= 15 is 0 Å². The minimum Gasteiger partial charge on any atom is -0.386 e. The predicted octanol–water partition coefficient (Wildman–Crippen LogP) is 4.91. The molecular weight excluding hydrogens is 530 g/mol. The SMILES string of the molecule is CO[Si](CCCN1C(=O)c2ccc3c4ccc5c6c(ccc(c7ccc(c2c37)C1=O)c64)C(=O)OC5=O)(OC)OC. The van der Waals surface area contributed by atoms with Crippen LogP contribution in [0.4, 0.5) is 0 Å². The first-order valence-electron chi connectivity index (χ1n) is 12.8. The van der Waals surface area contributed by atoms with Gasteiger partial charge in [0.15, 0.2) is 0 Å². The average Bonchev–Trinajstić information content (AvgIpc) is 2.98. The van der Waals surface area contributed by atoms with E-state index in [-0.39, 0.29) is 18.4 Å². The van der Waals surface area contributed by atoms with Crippen LogP contribution in [0.25, 0.3) is 43.1 Å². The number of carbonyl (C=O) groups excluding carboxylic acids is 4. The molecule has 0 saturated heterocycles. The third-order valence-electron chi connectivity index (χ3n) is 8.28. The van der Waals surface area contributed by atoms with Crippen molar-refractivity contribution in [2.75, 3.05) is 27.9 Å². The Morgan fingerprint density at radius 1 is 0.600 bits per heavy atom. The molecule has 0 radical (unpaired) electrons. The van der Waals surface area contributed by atoms with E-state index in [1.54, 1.807) is 24.3 Å². The number of rotatable bonds is 7. The van der Waals surface area contributed by atoms with Crippen molar-refractivity contribution in [2.45, 2.75) is 12.5 Å². The second-order valence-corrected chi connectivity index (χ2v) is 13.1. The number of carbonyl (C=O) groups is 4. The molecule has 5 aromatic rings. The van der Waals surface area contributed by atoms with Crippen LogP contribution in [-0.2, 0) is 18.0 Å². The Hall–Kier alpha value is -4.22. The third kappa shape index (κ3) is 3.12. The van der Waals surface area contributed by atoms with Crippen molar-refractivity contribution in [1.29, 1.82) is 0 Å². The van der Waals surface area contributed by atoms with Crippen molar-refractivity contribution in [2.24, 2.45) is 0 Å². The maximum Gasteiger partial charge on any atom is 0.500 e. The maximum atomic E-state index is 13.7. The number of amides is 2. The van der Waals surface area contributed by atoms with Crippen LogP contribution in [0.15, 0.2) is 48.5 Å². The summed E-state index contributed by atoms with van der Waals surface area (Å²) in [5.74, 6) is -2.06. The third-order valence-corrected chi connectivity index (χ3v) is 11.1. The van der Waals surface area contributed by atoms with E-state index in [9.17, 15) is 19.2 Å². The first kappa shape index (κ1) is 24.8. The molecule has 10 heteroatoms. The average molecular weight is 554 g/mol. The smallest absolute Gasteiger partial charge is 0.386 e. The minimum atomic E-state index is -2.85.